The lowest BCUT2D eigenvalue weighted by molar-refractivity contribution is -0.118. The first-order valence-corrected chi connectivity index (χ1v) is 5.68. The molecule has 0 aliphatic rings. The molecule has 1 unspecified atom stereocenters. The Hall–Kier alpha value is -1.37. The van der Waals surface area contributed by atoms with Crippen molar-refractivity contribution in [1.82, 2.24) is 0 Å². The van der Waals surface area contributed by atoms with Gasteiger partial charge in [0.1, 0.15) is 5.78 Å². The number of carbonyl (C=O) groups excluding carboxylic acids is 1. The molecular weight excluding hydrogens is 196 g/mol. The molecule has 16 heavy (non-hydrogen) atoms. The molecule has 88 valence electrons. The molecule has 0 saturated heterocycles. The van der Waals surface area contributed by atoms with Crippen LogP contribution in [0.1, 0.15) is 45.6 Å². The molecule has 0 aliphatic heterocycles. The summed E-state index contributed by atoms with van der Waals surface area (Å²) in [6, 6.07) is 9.82. The molecule has 0 saturated carbocycles. The van der Waals surface area contributed by atoms with Gasteiger partial charge in [-0.3, -0.25) is 4.79 Å². The number of rotatable bonds is 3. The van der Waals surface area contributed by atoms with E-state index in [0.29, 0.717) is 0 Å². The van der Waals surface area contributed by atoms with Crippen LogP contribution in [0.25, 0.3) is 0 Å². The van der Waals surface area contributed by atoms with Gasteiger partial charge in [0, 0.05) is 5.92 Å². The van der Waals surface area contributed by atoms with Gasteiger partial charge < -0.3 is 0 Å². The third-order valence-electron chi connectivity index (χ3n) is 2.51. The molecule has 0 heterocycles. The van der Waals surface area contributed by atoms with Gasteiger partial charge in [-0.25, -0.2) is 0 Å². The highest BCUT2D eigenvalue weighted by molar-refractivity contribution is 5.82. The Bertz CT molecular complexity index is 325. The fraction of sp³-hybridized carbons (Fsp3) is 0.400. The Labute approximate surface area is 99.2 Å². The first-order chi connectivity index (χ1) is 7.49. The van der Waals surface area contributed by atoms with Crippen LogP contribution in [0, 0.1) is 0 Å². The van der Waals surface area contributed by atoms with Crippen LogP contribution in [0.15, 0.2) is 42.5 Å². The molecule has 0 fully saturated rings. The summed E-state index contributed by atoms with van der Waals surface area (Å²) < 4.78 is 0. The zero-order valence-electron chi connectivity index (χ0n) is 10.8. The molecule has 0 amide bonds. The number of Topliss-reactive ketones (excluding diaryl/α,β-unsaturated/α-hetero) is 1. The van der Waals surface area contributed by atoms with Crippen molar-refractivity contribution in [3.8, 4) is 0 Å². The van der Waals surface area contributed by atoms with E-state index in [4.69, 9.17) is 0 Å². The van der Waals surface area contributed by atoms with Crippen LogP contribution in [-0.4, -0.2) is 5.78 Å². The van der Waals surface area contributed by atoms with E-state index in [2.05, 4.69) is 13.5 Å². The van der Waals surface area contributed by atoms with Gasteiger partial charge in [-0.15, -0.1) is 6.58 Å². The van der Waals surface area contributed by atoms with E-state index in [1.807, 2.05) is 44.2 Å². The smallest absolute Gasteiger partial charge is 0.136 e. The molecule has 0 bridgehead atoms. The van der Waals surface area contributed by atoms with Crippen molar-refractivity contribution in [2.24, 2.45) is 0 Å². The zero-order chi connectivity index (χ0) is 12.6. The van der Waals surface area contributed by atoms with E-state index in [1.165, 1.54) is 5.57 Å². The van der Waals surface area contributed by atoms with Crippen molar-refractivity contribution < 1.29 is 4.79 Å². The minimum absolute atomic E-state index is 0.0381. The topological polar surface area (TPSA) is 17.1 Å². The highest BCUT2D eigenvalue weighted by Gasteiger charge is 2.08. The van der Waals surface area contributed by atoms with Gasteiger partial charge in [0.15, 0.2) is 0 Å². The number of hydrogen-bond donors (Lipinski definition) is 0. The third-order valence-corrected chi connectivity index (χ3v) is 2.51. The van der Waals surface area contributed by atoms with Crippen LogP contribution >= 0.6 is 0 Å². The number of hydrogen-bond acceptors (Lipinski definition) is 1. The predicted molar refractivity (Wildman–Crippen MR) is 70.6 cm³/mol. The molecule has 1 atom stereocenters. The fourth-order valence-corrected chi connectivity index (χ4v) is 0.976. The number of carbonyl (C=O) groups is 1. The number of benzene rings is 1. The highest BCUT2D eigenvalue weighted by atomic mass is 16.1. The Morgan fingerprint density at radius 1 is 1.25 bits per heavy atom. The van der Waals surface area contributed by atoms with Crippen molar-refractivity contribution in [1.29, 1.82) is 0 Å². The minimum Gasteiger partial charge on any atom is -0.299 e. The Balaban J connectivity index is 0.000000385. The van der Waals surface area contributed by atoms with Crippen LogP contribution in [0.3, 0.4) is 0 Å². The van der Waals surface area contributed by atoms with E-state index in [0.717, 1.165) is 12.0 Å². The van der Waals surface area contributed by atoms with Crippen molar-refractivity contribution in [2.45, 2.75) is 40.0 Å². The summed E-state index contributed by atoms with van der Waals surface area (Å²) in [6.45, 7) is 11.4. The lowest BCUT2D eigenvalue weighted by Crippen LogP contribution is -2.03. The fourth-order valence-electron chi connectivity index (χ4n) is 0.976. The van der Waals surface area contributed by atoms with Crippen molar-refractivity contribution in [2.75, 3.05) is 0 Å². The van der Waals surface area contributed by atoms with E-state index < -0.39 is 0 Å². The second-order valence-electron chi connectivity index (χ2n) is 4.05. The van der Waals surface area contributed by atoms with Crippen LogP contribution in [-0.2, 0) is 4.79 Å². The van der Waals surface area contributed by atoms with Crippen LogP contribution < -0.4 is 0 Å². The van der Waals surface area contributed by atoms with E-state index in [9.17, 15) is 4.79 Å². The van der Waals surface area contributed by atoms with E-state index in [-0.39, 0.29) is 11.7 Å². The van der Waals surface area contributed by atoms with Gasteiger partial charge in [-0.05, 0) is 25.8 Å². The molecule has 1 heteroatoms. The SMILES string of the molecule is C=C(C)CC.CC(=O)C(C)c1ccccc1. The quantitative estimate of drug-likeness (QED) is 0.689. The monoisotopic (exact) mass is 218 g/mol. The summed E-state index contributed by atoms with van der Waals surface area (Å²) in [6.07, 6.45) is 1.11. The summed E-state index contributed by atoms with van der Waals surface area (Å²) in [5.74, 6) is 0.257. The van der Waals surface area contributed by atoms with Gasteiger partial charge in [0.2, 0.25) is 0 Å². The number of ketones is 1. The second-order valence-corrected chi connectivity index (χ2v) is 4.05. The molecule has 1 aromatic carbocycles. The molecule has 1 aromatic rings. The van der Waals surface area contributed by atoms with E-state index >= 15 is 0 Å². The highest BCUT2D eigenvalue weighted by Crippen LogP contribution is 2.14. The minimum atomic E-state index is 0.0381. The van der Waals surface area contributed by atoms with Gasteiger partial charge in [0.25, 0.3) is 0 Å². The van der Waals surface area contributed by atoms with Gasteiger partial charge in [-0.1, -0.05) is 49.8 Å². The molecule has 1 rings (SSSR count). The second kappa shape index (κ2) is 7.86. The van der Waals surface area contributed by atoms with Crippen LogP contribution in [0.5, 0.6) is 0 Å². The predicted octanol–water partition coefficient (Wildman–Crippen LogP) is 4.35. The normalized spacial score (nSPS) is 11.0. The molecule has 0 N–H and O–H groups in total. The lowest BCUT2D eigenvalue weighted by atomic mass is 9.98. The van der Waals surface area contributed by atoms with Gasteiger partial charge in [0.05, 0.1) is 0 Å². The summed E-state index contributed by atoms with van der Waals surface area (Å²) in [5.41, 5.74) is 2.35. The molecule has 0 aliphatic carbocycles. The average Bonchev–Trinajstić information content (AvgIpc) is 2.29. The maximum absolute atomic E-state index is 10.9. The van der Waals surface area contributed by atoms with Crippen molar-refractivity contribution >= 4 is 5.78 Å². The summed E-state index contributed by atoms with van der Waals surface area (Å²) in [5, 5.41) is 0. The first kappa shape index (κ1) is 14.6. The van der Waals surface area contributed by atoms with Crippen LogP contribution in [0.2, 0.25) is 0 Å². The number of allylic oxidation sites excluding steroid dienone is 1. The van der Waals surface area contributed by atoms with Gasteiger partial charge >= 0.3 is 0 Å². The Kier molecular flexibility index (Phi) is 7.19. The molecule has 0 radical (unpaired) electrons. The average molecular weight is 218 g/mol. The summed E-state index contributed by atoms with van der Waals surface area (Å²) in [7, 11) is 0. The molecule has 1 nitrogen and oxygen atoms in total. The van der Waals surface area contributed by atoms with E-state index in [1.54, 1.807) is 6.92 Å². The third kappa shape index (κ3) is 6.18. The first-order valence-electron chi connectivity index (χ1n) is 5.68. The molecular formula is C15H22O. The largest absolute Gasteiger partial charge is 0.299 e. The van der Waals surface area contributed by atoms with Crippen molar-refractivity contribution in [3.05, 3.63) is 48.0 Å². The van der Waals surface area contributed by atoms with Crippen LogP contribution in [0.4, 0.5) is 0 Å². The standard InChI is InChI=1S/C10H12O.C5H10/c1-8(9(2)11)10-6-4-3-5-7-10;1-4-5(2)3/h3-8H,1-2H3;2,4H2,1,3H3. The Morgan fingerprint density at radius 3 is 2.00 bits per heavy atom. The maximum Gasteiger partial charge on any atom is 0.136 e. The summed E-state index contributed by atoms with van der Waals surface area (Å²) in [4.78, 5) is 10.9. The van der Waals surface area contributed by atoms with Gasteiger partial charge in [-0.2, -0.15) is 0 Å². The molecule has 0 aromatic heterocycles. The zero-order valence-corrected chi connectivity index (χ0v) is 10.8. The lowest BCUT2D eigenvalue weighted by Gasteiger charge is -2.05. The maximum atomic E-state index is 10.9. The summed E-state index contributed by atoms with van der Waals surface area (Å²) >= 11 is 0. The Morgan fingerprint density at radius 2 is 1.69 bits per heavy atom. The molecule has 0 spiro atoms. The van der Waals surface area contributed by atoms with Crippen molar-refractivity contribution in [3.63, 3.8) is 0 Å².